The lowest BCUT2D eigenvalue weighted by Gasteiger charge is -2.40. The second-order valence-electron chi connectivity index (χ2n) is 6.04. The van der Waals surface area contributed by atoms with Crippen molar-refractivity contribution >= 4 is 5.70 Å². The molecule has 1 aromatic carbocycles. The summed E-state index contributed by atoms with van der Waals surface area (Å²) >= 11 is 0. The van der Waals surface area contributed by atoms with Crippen LogP contribution in [-0.2, 0) is 6.54 Å². The Bertz CT molecular complexity index is 775. The summed E-state index contributed by atoms with van der Waals surface area (Å²) in [5, 5.41) is 4.34. The van der Waals surface area contributed by atoms with Crippen molar-refractivity contribution in [1.82, 2.24) is 19.7 Å². The number of fused-ring (bicyclic) bond motifs is 1. The van der Waals surface area contributed by atoms with Crippen LogP contribution in [0, 0.1) is 5.82 Å². The molecule has 23 heavy (non-hydrogen) atoms. The Balaban J connectivity index is 1.60. The summed E-state index contributed by atoms with van der Waals surface area (Å²) < 4.78 is 41.7. The fraction of sp³-hybridized carbons (Fsp3) is 0.375. The van der Waals surface area contributed by atoms with Gasteiger partial charge in [-0.15, -0.1) is 5.10 Å². The molecule has 4 nitrogen and oxygen atoms in total. The zero-order valence-corrected chi connectivity index (χ0v) is 12.3. The first-order chi connectivity index (χ1) is 10.9. The zero-order valence-electron chi connectivity index (χ0n) is 12.3. The number of hydrogen-bond donors (Lipinski definition) is 0. The Morgan fingerprint density at radius 1 is 1.26 bits per heavy atom. The summed E-state index contributed by atoms with van der Waals surface area (Å²) in [4.78, 5) is 5.90. The van der Waals surface area contributed by atoms with Crippen molar-refractivity contribution in [2.75, 3.05) is 13.1 Å². The molecule has 2 aliphatic rings. The molecular weight excluding hydrogens is 305 g/mol. The molecule has 1 aromatic heterocycles. The smallest absolute Gasteiger partial charge is 0.282 e. The van der Waals surface area contributed by atoms with Crippen LogP contribution < -0.4 is 0 Å². The molecule has 1 fully saturated rings. The Kier molecular flexibility index (Phi) is 3.01. The third-order valence-electron chi connectivity index (χ3n) is 4.41. The van der Waals surface area contributed by atoms with Gasteiger partial charge in [0.25, 0.3) is 5.92 Å². The van der Waals surface area contributed by atoms with E-state index in [0.29, 0.717) is 29.5 Å². The fourth-order valence-corrected chi connectivity index (χ4v) is 3.18. The van der Waals surface area contributed by atoms with E-state index in [1.165, 1.54) is 11.0 Å². The molecule has 0 radical (unpaired) electrons. The van der Waals surface area contributed by atoms with E-state index in [1.807, 2.05) is 0 Å². The highest BCUT2D eigenvalue weighted by atomic mass is 19.3. The van der Waals surface area contributed by atoms with E-state index in [1.54, 1.807) is 22.9 Å². The molecule has 0 aliphatic carbocycles. The predicted octanol–water partition coefficient (Wildman–Crippen LogP) is 2.87. The fourth-order valence-electron chi connectivity index (χ4n) is 3.18. The number of benzene rings is 1. The van der Waals surface area contributed by atoms with Gasteiger partial charge in [0.05, 0.1) is 18.8 Å². The quantitative estimate of drug-likeness (QED) is 0.872. The maximum atomic E-state index is 14.0. The van der Waals surface area contributed by atoms with Crippen LogP contribution in [0.3, 0.4) is 0 Å². The SMILES string of the molecule is C=C(c1nc2n(n1)CCC2c1ccccc1F)N1CC(F)(F)C1. The van der Waals surface area contributed by atoms with E-state index in [2.05, 4.69) is 16.7 Å². The Morgan fingerprint density at radius 2 is 2.00 bits per heavy atom. The highest BCUT2D eigenvalue weighted by Gasteiger charge is 2.45. The van der Waals surface area contributed by atoms with E-state index in [0.717, 1.165) is 6.42 Å². The van der Waals surface area contributed by atoms with Gasteiger partial charge in [-0.3, -0.25) is 0 Å². The Hall–Kier alpha value is -2.31. The van der Waals surface area contributed by atoms with Gasteiger partial charge in [0.2, 0.25) is 0 Å². The van der Waals surface area contributed by atoms with Crippen molar-refractivity contribution in [3.63, 3.8) is 0 Å². The molecule has 3 heterocycles. The van der Waals surface area contributed by atoms with Gasteiger partial charge in [-0.2, -0.15) is 0 Å². The van der Waals surface area contributed by atoms with Gasteiger partial charge in [0, 0.05) is 12.5 Å². The molecule has 0 bridgehead atoms. The normalized spacial score (nSPS) is 21.9. The van der Waals surface area contributed by atoms with Crippen LogP contribution in [0.4, 0.5) is 13.2 Å². The topological polar surface area (TPSA) is 34.0 Å². The second kappa shape index (κ2) is 4.84. The van der Waals surface area contributed by atoms with Crippen molar-refractivity contribution in [1.29, 1.82) is 0 Å². The van der Waals surface area contributed by atoms with E-state index < -0.39 is 5.92 Å². The van der Waals surface area contributed by atoms with Crippen molar-refractivity contribution in [3.8, 4) is 0 Å². The monoisotopic (exact) mass is 320 g/mol. The van der Waals surface area contributed by atoms with Gasteiger partial charge in [0.15, 0.2) is 5.82 Å². The van der Waals surface area contributed by atoms with Gasteiger partial charge < -0.3 is 4.90 Å². The first-order valence-corrected chi connectivity index (χ1v) is 7.46. The van der Waals surface area contributed by atoms with Crippen molar-refractivity contribution < 1.29 is 13.2 Å². The van der Waals surface area contributed by atoms with E-state index in [4.69, 9.17) is 0 Å². The average Bonchev–Trinajstić information content (AvgIpc) is 3.05. The predicted molar refractivity (Wildman–Crippen MR) is 78.4 cm³/mol. The van der Waals surface area contributed by atoms with Crippen LogP contribution in [-0.4, -0.2) is 38.7 Å². The van der Waals surface area contributed by atoms with E-state index in [9.17, 15) is 13.2 Å². The average molecular weight is 320 g/mol. The van der Waals surface area contributed by atoms with Gasteiger partial charge >= 0.3 is 0 Å². The van der Waals surface area contributed by atoms with Crippen molar-refractivity contribution in [2.24, 2.45) is 0 Å². The minimum atomic E-state index is -2.67. The van der Waals surface area contributed by atoms with Crippen LogP contribution >= 0.6 is 0 Å². The van der Waals surface area contributed by atoms with Gasteiger partial charge in [-0.1, -0.05) is 24.8 Å². The lowest BCUT2D eigenvalue weighted by atomic mass is 9.97. The molecule has 4 rings (SSSR count). The first kappa shape index (κ1) is 14.3. The maximum Gasteiger partial charge on any atom is 0.282 e. The third kappa shape index (κ3) is 2.31. The molecule has 0 saturated carbocycles. The largest absolute Gasteiger partial charge is 0.357 e. The van der Waals surface area contributed by atoms with E-state index in [-0.39, 0.29) is 24.8 Å². The molecule has 1 atom stereocenters. The Morgan fingerprint density at radius 3 is 2.70 bits per heavy atom. The lowest BCUT2D eigenvalue weighted by molar-refractivity contribution is -0.105. The molecule has 0 spiro atoms. The van der Waals surface area contributed by atoms with Gasteiger partial charge in [-0.05, 0) is 18.1 Å². The number of hydrogen-bond acceptors (Lipinski definition) is 3. The highest BCUT2D eigenvalue weighted by molar-refractivity contribution is 5.56. The number of rotatable bonds is 3. The molecule has 7 heteroatoms. The molecule has 0 N–H and O–H groups in total. The summed E-state index contributed by atoms with van der Waals surface area (Å²) in [6.45, 7) is 3.74. The lowest BCUT2D eigenvalue weighted by Crippen LogP contribution is -2.54. The number of nitrogens with zero attached hydrogens (tertiary/aromatic N) is 4. The van der Waals surface area contributed by atoms with Crippen LogP contribution in [0.25, 0.3) is 5.70 Å². The standard InChI is InChI=1S/C16H15F3N4/c1-10(22-8-16(18,19)9-22)14-20-15-12(6-7-23(15)21-14)11-4-2-3-5-13(11)17/h2-5,12H,1,6-9H2. The van der Waals surface area contributed by atoms with Crippen molar-refractivity contribution in [3.05, 3.63) is 53.9 Å². The number of likely N-dealkylation sites (tertiary alicyclic amines) is 1. The summed E-state index contributed by atoms with van der Waals surface area (Å²) in [5.74, 6) is -2.09. The maximum absolute atomic E-state index is 14.0. The Labute approximate surface area is 131 Å². The summed E-state index contributed by atoms with van der Waals surface area (Å²) in [6.07, 6.45) is 0.727. The number of aromatic nitrogens is 3. The third-order valence-corrected chi connectivity index (χ3v) is 4.41. The van der Waals surface area contributed by atoms with Gasteiger partial charge in [0.1, 0.15) is 11.6 Å². The number of halogens is 3. The van der Waals surface area contributed by atoms with E-state index >= 15 is 0 Å². The first-order valence-electron chi connectivity index (χ1n) is 7.46. The second-order valence-corrected chi connectivity index (χ2v) is 6.04. The van der Waals surface area contributed by atoms with Crippen LogP contribution in [0.2, 0.25) is 0 Å². The van der Waals surface area contributed by atoms with Crippen LogP contribution in [0.5, 0.6) is 0 Å². The number of aryl methyl sites for hydroxylation is 1. The summed E-state index contributed by atoms with van der Waals surface area (Å²) in [5.41, 5.74) is 0.983. The minimum absolute atomic E-state index is 0.164. The molecule has 120 valence electrons. The molecule has 2 aromatic rings. The van der Waals surface area contributed by atoms with Crippen molar-refractivity contribution in [2.45, 2.75) is 24.8 Å². The van der Waals surface area contributed by atoms with Crippen LogP contribution in [0.15, 0.2) is 30.8 Å². The van der Waals surface area contributed by atoms with Gasteiger partial charge in [-0.25, -0.2) is 22.8 Å². The highest BCUT2D eigenvalue weighted by Crippen LogP contribution is 2.36. The summed E-state index contributed by atoms with van der Waals surface area (Å²) in [7, 11) is 0. The molecular formula is C16H15F3N4. The molecule has 1 saturated heterocycles. The molecule has 2 aliphatic heterocycles. The molecule has 0 amide bonds. The summed E-state index contributed by atoms with van der Waals surface area (Å²) in [6, 6.07) is 6.61. The van der Waals surface area contributed by atoms with Crippen LogP contribution in [0.1, 0.15) is 29.6 Å². The number of alkyl halides is 2. The zero-order chi connectivity index (χ0) is 16.2. The minimum Gasteiger partial charge on any atom is -0.357 e. The molecule has 1 unspecified atom stereocenters.